The highest BCUT2D eigenvalue weighted by atomic mass is 35.5. The van der Waals surface area contributed by atoms with Crippen LogP contribution < -0.4 is 4.74 Å². The maximum Gasteiger partial charge on any atom is 0.137 e. The van der Waals surface area contributed by atoms with Gasteiger partial charge in [-0.25, -0.2) is 4.98 Å². The molecule has 0 saturated carbocycles. The number of piperazine rings is 1. The average molecular weight is 413 g/mol. The number of aryl methyl sites for hydroxylation is 1. The van der Waals surface area contributed by atoms with Crippen LogP contribution in [-0.4, -0.2) is 65.7 Å². The molecule has 0 bridgehead atoms. The number of ether oxygens (including phenoxy) is 1. The van der Waals surface area contributed by atoms with Crippen LogP contribution in [-0.2, 0) is 13.0 Å². The van der Waals surface area contributed by atoms with Crippen LogP contribution in [0.2, 0.25) is 5.02 Å². The van der Waals surface area contributed by atoms with Gasteiger partial charge >= 0.3 is 0 Å². The summed E-state index contributed by atoms with van der Waals surface area (Å²) in [4.78, 5) is 9.87. The Labute approximate surface area is 177 Å². The number of likely N-dealkylation sites (N-methyl/N-ethyl adjacent to an activating group) is 1. The summed E-state index contributed by atoms with van der Waals surface area (Å²) in [6.45, 7) is 7.12. The number of hydrogen-bond acceptors (Lipinski definition) is 4. The van der Waals surface area contributed by atoms with Crippen molar-refractivity contribution in [3.05, 3.63) is 59.4 Å². The topological polar surface area (TPSA) is 33.5 Å². The minimum atomic E-state index is 0.565. The molecular weight excluding hydrogens is 384 g/mol. The lowest BCUT2D eigenvalue weighted by molar-refractivity contribution is 0.152. The van der Waals surface area contributed by atoms with Crippen LogP contribution >= 0.6 is 11.6 Å². The van der Waals surface area contributed by atoms with Gasteiger partial charge in [0.15, 0.2) is 0 Å². The van der Waals surface area contributed by atoms with Gasteiger partial charge in [0.05, 0.1) is 22.6 Å². The zero-order valence-corrected chi connectivity index (χ0v) is 17.8. The first kappa shape index (κ1) is 20.2. The molecule has 4 rings (SSSR count). The summed E-state index contributed by atoms with van der Waals surface area (Å²) in [5.74, 6) is 1.87. The second-order valence-electron chi connectivity index (χ2n) is 7.70. The number of imidazole rings is 1. The Morgan fingerprint density at radius 1 is 0.966 bits per heavy atom. The first-order chi connectivity index (χ1) is 14.2. The SMILES string of the molecule is CN1CCN(CCCc2nc3ccccc3n2CCOc2ccccc2Cl)CC1. The lowest BCUT2D eigenvalue weighted by atomic mass is 10.2. The van der Waals surface area contributed by atoms with Gasteiger partial charge in [0.2, 0.25) is 0 Å². The van der Waals surface area contributed by atoms with Gasteiger partial charge in [-0.05, 0) is 44.3 Å². The van der Waals surface area contributed by atoms with Crippen LogP contribution in [0.25, 0.3) is 11.0 Å². The van der Waals surface area contributed by atoms with E-state index in [0.717, 1.165) is 56.1 Å². The molecular formula is C23H29ClN4O. The minimum Gasteiger partial charge on any atom is -0.490 e. The quantitative estimate of drug-likeness (QED) is 0.561. The Balaban J connectivity index is 1.39. The monoisotopic (exact) mass is 412 g/mol. The fourth-order valence-corrected chi connectivity index (χ4v) is 4.10. The van der Waals surface area contributed by atoms with Crippen LogP contribution in [0, 0.1) is 0 Å². The molecule has 1 aliphatic heterocycles. The molecule has 0 N–H and O–H groups in total. The number of benzene rings is 2. The van der Waals surface area contributed by atoms with E-state index in [-0.39, 0.29) is 0 Å². The Bertz CT molecular complexity index is 934. The molecule has 0 amide bonds. The average Bonchev–Trinajstić information content (AvgIpc) is 3.08. The molecule has 1 aliphatic rings. The summed E-state index contributed by atoms with van der Waals surface area (Å²) < 4.78 is 8.23. The van der Waals surface area contributed by atoms with Gasteiger partial charge in [0, 0.05) is 32.6 Å². The van der Waals surface area contributed by atoms with E-state index in [9.17, 15) is 0 Å². The van der Waals surface area contributed by atoms with Crippen molar-refractivity contribution in [3.63, 3.8) is 0 Å². The van der Waals surface area contributed by atoms with E-state index in [1.165, 1.54) is 18.6 Å². The maximum atomic E-state index is 6.21. The fraction of sp³-hybridized carbons (Fsp3) is 0.435. The smallest absolute Gasteiger partial charge is 0.137 e. The lowest BCUT2D eigenvalue weighted by Gasteiger charge is -2.32. The van der Waals surface area contributed by atoms with Gasteiger partial charge in [0.25, 0.3) is 0 Å². The molecule has 6 heteroatoms. The maximum absolute atomic E-state index is 6.21. The zero-order chi connectivity index (χ0) is 20.1. The van der Waals surface area contributed by atoms with E-state index in [4.69, 9.17) is 21.3 Å². The highest BCUT2D eigenvalue weighted by molar-refractivity contribution is 6.32. The largest absolute Gasteiger partial charge is 0.490 e. The number of halogens is 1. The van der Waals surface area contributed by atoms with Crippen LogP contribution in [0.1, 0.15) is 12.2 Å². The van der Waals surface area contributed by atoms with Gasteiger partial charge in [0.1, 0.15) is 18.2 Å². The second kappa shape index (κ2) is 9.61. The molecule has 1 fully saturated rings. The van der Waals surface area contributed by atoms with Crippen LogP contribution in [0.15, 0.2) is 48.5 Å². The van der Waals surface area contributed by atoms with Crippen molar-refractivity contribution >= 4 is 22.6 Å². The first-order valence-corrected chi connectivity index (χ1v) is 10.8. The molecule has 1 saturated heterocycles. The Hall–Kier alpha value is -2.08. The van der Waals surface area contributed by atoms with Crippen molar-refractivity contribution in [2.24, 2.45) is 0 Å². The number of aromatic nitrogens is 2. The molecule has 0 atom stereocenters. The number of para-hydroxylation sites is 3. The molecule has 5 nitrogen and oxygen atoms in total. The van der Waals surface area contributed by atoms with E-state index in [1.54, 1.807) is 0 Å². The predicted octanol–water partition coefficient (Wildman–Crippen LogP) is 3.95. The van der Waals surface area contributed by atoms with Crippen molar-refractivity contribution in [1.82, 2.24) is 19.4 Å². The van der Waals surface area contributed by atoms with Crippen molar-refractivity contribution < 1.29 is 4.74 Å². The van der Waals surface area contributed by atoms with Gasteiger partial charge in [-0.15, -0.1) is 0 Å². The molecule has 0 aliphatic carbocycles. The summed E-state index contributed by atoms with van der Waals surface area (Å²) in [7, 11) is 2.20. The van der Waals surface area contributed by atoms with E-state index in [2.05, 4.69) is 39.6 Å². The first-order valence-electron chi connectivity index (χ1n) is 10.4. The number of nitrogens with zero attached hydrogens (tertiary/aromatic N) is 4. The molecule has 2 heterocycles. The zero-order valence-electron chi connectivity index (χ0n) is 17.1. The molecule has 2 aromatic carbocycles. The Morgan fingerprint density at radius 2 is 1.72 bits per heavy atom. The molecule has 3 aromatic rings. The van der Waals surface area contributed by atoms with Crippen LogP contribution in [0.4, 0.5) is 0 Å². The molecule has 0 spiro atoms. The van der Waals surface area contributed by atoms with Crippen molar-refractivity contribution in [2.75, 3.05) is 46.4 Å². The number of fused-ring (bicyclic) bond motifs is 1. The highest BCUT2D eigenvalue weighted by Gasteiger charge is 2.15. The van der Waals surface area contributed by atoms with Gasteiger partial charge in [-0.3, -0.25) is 0 Å². The summed E-state index contributed by atoms with van der Waals surface area (Å²) >= 11 is 6.21. The van der Waals surface area contributed by atoms with Crippen LogP contribution in [0.3, 0.4) is 0 Å². The molecule has 0 radical (unpaired) electrons. The van der Waals surface area contributed by atoms with Gasteiger partial charge in [-0.1, -0.05) is 35.9 Å². The molecule has 0 unspecified atom stereocenters. The van der Waals surface area contributed by atoms with Gasteiger partial charge in [-0.2, -0.15) is 0 Å². The predicted molar refractivity (Wildman–Crippen MR) is 119 cm³/mol. The molecule has 1 aromatic heterocycles. The standard InChI is InChI=1S/C23H29ClN4O/c1-26-13-15-27(16-14-26)12-6-11-23-25-20-8-3-4-9-21(20)28(23)17-18-29-22-10-5-2-7-19(22)24/h2-5,7-10H,6,11-18H2,1H3. The summed E-state index contributed by atoms with van der Waals surface area (Å²) in [6, 6.07) is 16.0. The van der Waals surface area contributed by atoms with Gasteiger partial charge < -0.3 is 19.1 Å². The van der Waals surface area contributed by atoms with E-state index in [1.807, 2.05) is 30.3 Å². The molecule has 29 heavy (non-hydrogen) atoms. The van der Waals surface area contributed by atoms with E-state index in [0.29, 0.717) is 11.6 Å². The summed E-state index contributed by atoms with van der Waals surface area (Å²) in [5.41, 5.74) is 2.23. The third-order valence-electron chi connectivity index (χ3n) is 5.61. The summed E-state index contributed by atoms with van der Waals surface area (Å²) in [5, 5.41) is 0.649. The van der Waals surface area contributed by atoms with E-state index >= 15 is 0 Å². The highest BCUT2D eigenvalue weighted by Crippen LogP contribution is 2.23. The third-order valence-corrected chi connectivity index (χ3v) is 5.93. The summed E-state index contributed by atoms with van der Waals surface area (Å²) in [6.07, 6.45) is 2.10. The van der Waals surface area contributed by atoms with Crippen molar-refractivity contribution in [2.45, 2.75) is 19.4 Å². The normalized spacial score (nSPS) is 15.8. The lowest BCUT2D eigenvalue weighted by Crippen LogP contribution is -2.44. The van der Waals surface area contributed by atoms with Crippen molar-refractivity contribution in [1.29, 1.82) is 0 Å². The Kier molecular flexibility index (Phi) is 6.70. The minimum absolute atomic E-state index is 0.565. The number of rotatable bonds is 8. The number of hydrogen-bond donors (Lipinski definition) is 0. The fourth-order valence-electron chi connectivity index (χ4n) is 3.91. The Morgan fingerprint density at radius 3 is 2.55 bits per heavy atom. The van der Waals surface area contributed by atoms with Crippen LogP contribution in [0.5, 0.6) is 5.75 Å². The molecule has 154 valence electrons. The van der Waals surface area contributed by atoms with E-state index < -0.39 is 0 Å². The second-order valence-corrected chi connectivity index (χ2v) is 8.10. The third kappa shape index (κ3) is 5.10. The van der Waals surface area contributed by atoms with Crippen molar-refractivity contribution in [3.8, 4) is 5.75 Å².